The lowest BCUT2D eigenvalue weighted by molar-refractivity contribution is 0.794. The average molecular weight is 801 g/mol. The molecule has 0 unspecified atom stereocenters. The molecule has 3 aromatic heterocycles. The maximum atomic E-state index is 5.45. The molecule has 0 bridgehead atoms. The van der Waals surface area contributed by atoms with E-state index >= 15 is 0 Å². The Morgan fingerprint density at radius 1 is 0.349 bits per heavy atom. The zero-order valence-electron chi connectivity index (χ0n) is 34.1. The smallest absolute Gasteiger partial charge is 0.162 e. The van der Waals surface area contributed by atoms with Gasteiger partial charge in [-0.1, -0.05) is 188 Å². The Hall–Kier alpha value is -8.34. The summed E-state index contributed by atoms with van der Waals surface area (Å²) in [5.41, 5.74) is 18.5. The molecule has 4 nitrogen and oxygen atoms in total. The number of nitrogens with zero attached hydrogens (tertiary/aromatic N) is 4. The first kappa shape index (κ1) is 34.4. The Labute approximate surface area is 363 Å². The van der Waals surface area contributed by atoms with Crippen LogP contribution in [-0.2, 0) is 5.41 Å². The fourth-order valence-electron chi connectivity index (χ4n) is 11.3. The molecule has 2 aliphatic carbocycles. The molecule has 9 aromatic carbocycles. The summed E-state index contributed by atoms with van der Waals surface area (Å²) in [5, 5.41) is 4.83. The van der Waals surface area contributed by atoms with Crippen molar-refractivity contribution < 1.29 is 0 Å². The number of fused-ring (bicyclic) bond motifs is 17. The number of rotatable bonds is 4. The molecule has 14 rings (SSSR count). The normalized spacial score (nSPS) is 13.2. The van der Waals surface area contributed by atoms with Gasteiger partial charge in [-0.25, -0.2) is 9.97 Å². The lowest BCUT2D eigenvalue weighted by Crippen LogP contribution is -2.25. The van der Waals surface area contributed by atoms with Crippen molar-refractivity contribution >= 4 is 43.6 Å². The molecule has 0 saturated heterocycles. The van der Waals surface area contributed by atoms with Crippen molar-refractivity contribution in [2.45, 2.75) is 5.41 Å². The highest BCUT2D eigenvalue weighted by atomic mass is 15.1. The van der Waals surface area contributed by atoms with E-state index < -0.39 is 5.41 Å². The predicted molar refractivity (Wildman–Crippen MR) is 258 cm³/mol. The quantitative estimate of drug-likeness (QED) is 0.178. The number of hydrogen-bond acceptors (Lipinski definition) is 2. The Morgan fingerprint density at radius 3 is 1.49 bits per heavy atom. The predicted octanol–water partition coefficient (Wildman–Crippen LogP) is 14.3. The largest absolute Gasteiger partial charge is 0.308 e. The second-order valence-corrected chi connectivity index (χ2v) is 16.8. The van der Waals surface area contributed by atoms with Crippen LogP contribution in [0.5, 0.6) is 0 Å². The Bertz CT molecular complexity index is 3770. The molecule has 0 atom stereocenters. The minimum Gasteiger partial charge on any atom is -0.308 e. The zero-order valence-corrected chi connectivity index (χ0v) is 34.1. The molecule has 292 valence electrons. The number of benzene rings is 9. The maximum Gasteiger partial charge on any atom is 0.162 e. The van der Waals surface area contributed by atoms with Crippen LogP contribution < -0.4 is 0 Å². The minimum absolute atomic E-state index is 0.456. The van der Waals surface area contributed by atoms with Crippen LogP contribution in [0.3, 0.4) is 0 Å². The third kappa shape index (κ3) is 4.54. The van der Waals surface area contributed by atoms with Gasteiger partial charge in [-0.15, -0.1) is 0 Å². The van der Waals surface area contributed by atoms with Gasteiger partial charge in [-0.3, -0.25) is 4.57 Å². The highest BCUT2D eigenvalue weighted by molar-refractivity contribution is 6.17. The van der Waals surface area contributed by atoms with Crippen molar-refractivity contribution in [2.24, 2.45) is 0 Å². The van der Waals surface area contributed by atoms with Gasteiger partial charge in [-0.2, -0.15) is 0 Å². The SMILES string of the molecule is c1ccc(-c2nc(-c3ccccc3-n3c4ccccc4c4ccc5c(c43)-c3ccccc3C53c4ccccc4-c4ccccc43)cc(-n3c4ccccc4c4ccccc43)n2)cc1. The molecule has 1 spiro atoms. The number of hydrogen-bond donors (Lipinski definition) is 0. The minimum atomic E-state index is -0.456. The van der Waals surface area contributed by atoms with Crippen molar-refractivity contribution in [3.05, 3.63) is 241 Å². The van der Waals surface area contributed by atoms with Gasteiger partial charge < -0.3 is 4.57 Å². The van der Waals surface area contributed by atoms with E-state index in [1.807, 2.05) is 6.07 Å². The third-order valence-electron chi connectivity index (χ3n) is 13.8. The standard InChI is InChI=1S/C59H36N4/c1-2-18-37(19-3-1)58-60-50(36-55(61-58)62-51-30-14-7-22-40(51)41-23-8-15-31-52(41)62)45-26-10-17-33-54(45)63-53-32-16-9-24-42(53)43-34-35-49-56(57(43)63)44-25-6-13-29-48(44)59(49)46-27-11-4-20-38(46)39-21-5-12-28-47(39)59/h1-36H. The van der Waals surface area contributed by atoms with Gasteiger partial charge in [-0.05, 0) is 63.2 Å². The summed E-state index contributed by atoms with van der Waals surface area (Å²) in [5.74, 6) is 1.50. The van der Waals surface area contributed by atoms with Gasteiger partial charge in [0.25, 0.3) is 0 Å². The monoisotopic (exact) mass is 800 g/mol. The van der Waals surface area contributed by atoms with Crippen LogP contribution in [0.1, 0.15) is 22.3 Å². The van der Waals surface area contributed by atoms with Crippen LogP contribution in [0.2, 0.25) is 0 Å². The van der Waals surface area contributed by atoms with Gasteiger partial charge in [0.2, 0.25) is 0 Å². The number of aromatic nitrogens is 4. The van der Waals surface area contributed by atoms with Gasteiger partial charge in [0.15, 0.2) is 5.82 Å². The third-order valence-corrected chi connectivity index (χ3v) is 13.8. The summed E-state index contributed by atoms with van der Waals surface area (Å²) in [6.07, 6.45) is 0. The van der Waals surface area contributed by atoms with E-state index in [1.54, 1.807) is 0 Å². The molecule has 3 heterocycles. The molecule has 63 heavy (non-hydrogen) atoms. The number of para-hydroxylation sites is 4. The van der Waals surface area contributed by atoms with Crippen molar-refractivity contribution in [3.63, 3.8) is 0 Å². The lowest BCUT2D eigenvalue weighted by atomic mass is 9.70. The van der Waals surface area contributed by atoms with Gasteiger partial charge >= 0.3 is 0 Å². The van der Waals surface area contributed by atoms with Crippen LogP contribution in [0.25, 0.3) is 100 Å². The first-order valence-electron chi connectivity index (χ1n) is 21.7. The summed E-state index contributed by atoms with van der Waals surface area (Å²) in [7, 11) is 0. The second-order valence-electron chi connectivity index (χ2n) is 16.8. The summed E-state index contributed by atoms with van der Waals surface area (Å²) >= 11 is 0. The topological polar surface area (TPSA) is 35.6 Å². The Kier molecular flexibility index (Phi) is 7.01. The average Bonchev–Trinajstić information content (AvgIpc) is 4.06. The van der Waals surface area contributed by atoms with Gasteiger partial charge in [0, 0.05) is 44.3 Å². The molecule has 12 aromatic rings. The molecule has 0 fully saturated rings. The maximum absolute atomic E-state index is 5.45. The molecular weight excluding hydrogens is 765 g/mol. The lowest BCUT2D eigenvalue weighted by Gasteiger charge is -2.30. The van der Waals surface area contributed by atoms with Crippen LogP contribution in [0.4, 0.5) is 0 Å². The summed E-state index contributed by atoms with van der Waals surface area (Å²) < 4.78 is 4.82. The Balaban J connectivity index is 1.09. The summed E-state index contributed by atoms with van der Waals surface area (Å²) in [6, 6.07) is 79.5. The van der Waals surface area contributed by atoms with Crippen LogP contribution in [0.15, 0.2) is 218 Å². The summed E-state index contributed by atoms with van der Waals surface area (Å²) in [6.45, 7) is 0. The Morgan fingerprint density at radius 2 is 0.841 bits per heavy atom. The first-order chi connectivity index (χ1) is 31.3. The van der Waals surface area contributed by atoms with E-state index in [0.29, 0.717) is 5.82 Å². The van der Waals surface area contributed by atoms with E-state index in [9.17, 15) is 0 Å². The fourth-order valence-corrected chi connectivity index (χ4v) is 11.3. The molecule has 0 saturated carbocycles. The van der Waals surface area contributed by atoms with E-state index in [2.05, 4.69) is 221 Å². The molecular formula is C59H36N4. The van der Waals surface area contributed by atoms with E-state index in [0.717, 1.165) is 44.9 Å². The molecule has 0 radical (unpaired) electrons. The summed E-state index contributed by atoms with van der Waals surface area (Å²) in [4.78, 5) is 10.8. The fraction of sp³-hybridized carbons (Fsp3) is 0.0169. The van der Waals surface area contributed by atoms with E-state index in [-0.39, 0.29) is 0 Å². The molecule has 2 aliphatic rings. The van der Waals surface area contributed by atoms with Gasteiger partial charge in [0.05, 0.1) is 38.9 Å². The molecule has 0 amide bonds. The molecule has 4 heteroatoms. The van der Waals surface area contributed by atoms with Crippen LogP contribution in [0, 0.1) is 0 Å². The first-order valence-corrected chi connectivity index (χ1v) is 21.7. The molecule has 0 N–H and O–H groups in total. The van der Waals surface area contributed by atoms with Crippen molar-refractivity contribution in [1.82, 2.24) is 19.1 Å². The molecule has 0 aliphatic heterocycles. The van der Waals surface area contributed by atoms with Crippen LogP contribution >= 0.6 is 0 Å². The highest BCUT2D eigenvalue weighted by Crippen LogP contribution is 2.64. The van der Waals surface area contributed by atoms with Crippen molar-refractivity contribution in [1.29, 1.82) is 0 Å². The van der Waals surface area contributed by atoms with Crippen molar-refractivity contribution in [3.8, 4) is 56.4 Å². The van der Waals surface area contributed by atoms with E-state index in [4.69, 9.17) is 9.97 Å². The zero-order chi connectivity index (χ0) is 41.2. The van der Waals surface area contributed by atoms with Crippen molar-refractivity contribution in [2.75, 3.05) is 0 Å². The highest BCUT2D eigenvalue weighted by Gasteiger charge is 2.52. The van der Waals surface area contributed by atoms with E-state index in [1.165, 1.54) is 71.6 Å². The van der Waals surface area contributed by atoms with Crippen LogP contribution in [-0.4, -0.2) is 19.1 Å². The second kappa shape index (κ2) is 12.8. The van der Waals surface area contributed by atoms with Gasteiger partial charge in [0.1, 0.15) is 5.82 Å².